The zero-order valence-electron chi connectivity index (χ0n) is 15.8. The first kappa shape index (κ1) is 17.9. The van der Waals surface area contributed by atoms with Crippen LogP contribution in [0.25, 0.3) is 6.08 Å². The molecule has 27 heavy (non-hydrogen) atoms. The lowest BCUT2D eigenvalue weighted by Gasteiger charge is -2.48. The Morgan fingerprint density at radius 3 is 2.44 bits per heavy atom. The summed E-state index contributed by atoms with van der Waals surface area (Å²) in [5.41, 5.74) is 4.74. The fraction of sp³-hybridized carbons (Fsp3) is 0.320. The van der Waals surface area contributed by atoms with Gasteiger partial charge in [0.15, 0.2) is 5.78 Å². The molecular weight excluding hydrogens is 332 g/mol. The van der Waals surface area contributed by atoms with Crippen LogP contribution in [0.2, 0.25) is 0 Å². The quantitative estimate of drug-likeness (QED) is 0.772. The minimum Gasteiger partial charge on any atom is -0.392 e. The molecule has 0 aliphatic heterocycles. The number of benzene rings is 2. The third kappa shape index (κ3) is 3.30. The number of aliphatic hydroxyl groups excluding tert-OH is 1. The van der Waals surface area contributed by atoms with Crippen molar-refractivity contribution < 1.29 is 9.90 Å². The number of hydrogen-bond acceptors (Lipinski definition) is 2. The Hall–Kier alpha value is -2.45. The molecule has 138 valence electrons. The first-order valence-corrected chi connectivity index (χ1v) is 9.83. The summed E-state index contributed by atoms with van der Waals surface area (Å²) in [5, 5.41) is 11.1. The second kappa shape index (κ2) is 7.28. The van der Waals surface area contributed by atoms with E-state index in [1.54, 1.807) is 0 Å². The van der Waals surface area contributed by atoms with Gasteiger partial charge in [-0.15, -0.1) is 0 Å². The molecule has 0 amide bonds. The van der Waals surface area contributed by atoms with Crippen LogP contribution in [0.1, 0.15) is 43.7 Å². The van der Waals surface area contributed by atoms with Crippen LogP contribution < -0.4 is 0 Å². The Balaban J connectivity index is 1.81. The number of carbonyl (C=O) groups excluding carboxylic acids is 1. The molecule has 0 saturated heterocycles. The molecule has 0 bridgehead atoms. The standard InChI is InChI=1S/C25H26O2/c1-18-22-13-8-14-23(26)25(22,16-20-11-6-3-7-12-20)17-21(24(18)27)15-19-9-4-2-5-10-19/h2-7,9-12,15,23,26H,8,13-14,16-17H2,1H3/b21-15+/t23-,25-/m0/s1. The van der Waals surface area contributed by atoms with E-state index in [0.717, 1.165) is 42.4 Å². The molecule has 2 aromatic carbocycles. The average Bonchev–Trinajstić information content (AvgIpc) is 2.69. The zero-order chi connectivity index (χ0) is 18.9. The smallest absolute Gasteiger partial charge is 0.184 e. The number of ketones is 1. The van der Waals surface area contributed by atoms with Crippen molar-refractivity contribution in [3.8, 4) is 0 Å². The van der Waals surface area contributed by atoms with Gasteiger partial charge in [-0.05, 0) is 61.8 Å². The maximum atomic E-state index is 13.1. The largest absolute Gasteiger partial charge is 0.392 e. The summed E-state index contributed by atoms with van der Waals surface area (Å²) in [6, 6.07) is 20.4. The summed E-state index contributed by atoms with van der Waals surface area (Å²) >= 11 is 0. The number of aliphatic hydroxyl groups is 1. The van der Waals surface area contributed by atoms with Crippen molar-refractivity contribution in [3.05, 3.63) is 88.5 Å². The summed E-state index contributed by atoms with van der Waals surface area (Å²) < 4.78 is 0. The molecule has 0 aromatic heterocycles. The summed E-state index contributed by atoms with van der Waals surface area (Å²) in [5.74, 6) is 0.145. The molecule has 0 spiro atoms. The fourth-order valence-corrected chi connectivity index (χ4v) is 4.90. The van der Waals surface area contributed by atoms with Crippen molar-refractivity contribution in [1.29, 1.82) is 0 Å². The Bertz CT molecular complexity index is 892. The van der Waals surface area contributed by atoms with Crippen LogP contribution in [0.4, 0.5) is 0 Å². The zero-order valence-corrected chi connectivity index (χ0v) is 15.8. The average molecular weight is 358 g/mol. The fourth-order valence-electron chi connectivity index (χ4n) is 4.90. The number of allylic oxidation sites excluding steroid dienone is 2. The topological polar surface area (TPSA) is 37.3 Å². The summed E-state index contributed by atoms with van der Waals surface area (Å²) in [4.78, 5) is 13.1. The predicted molar refractivity (Wildman–Crippen MR) is 109 cm³/mol. The molecule has 0 heterocycles. The van der Waals surface area contributed by atoms with E-state index in [2.05, 4.69) is 12.1 Å². The van der Waals surface area contributed by atoms with Gasteiger partial charge in [0.05, 0.1) is 6.10 Å². The van der Waals surface area contributed by atoms with Gasteiger partial charge in [0, 0.05) is 11.0 Å². The van der Waals surface area contributed by atoms with Crippen molar-refractivity contribution in [3.63, 3.8) is 0 Å². The van der Waals surface area contributed by atoms with E-state index >= 15 is 0 Å². The molecule has 4 rings (SSSR count). The van der Waals surface area contributed by atoms with E-state index in [1.807, 2.05) is 61.5 Å². The van der Waals surface area contributed by atoms with Crippen LogP contribution in [0, 0.1) is 5.41 Å². The lowest BCUT2D eigenvalue weighted by atomic mass is 9.57. The van der Waals surface area contributed by atoms with E-state index in [-0.39, 0.29) is 11.2 Å². The highest BCUT2D eigenvalue weighted by molar-refractivity contribution is 6.12. The lowest BCUT2D eigenvalue weighted by Crippen LogP contribution is -2.46. The van der Waals surface area contributed by atoms with Crippen LogP contribution >= 0.6 is 0 Å². The first-order valence-electron chi connectivity index (χ1n) is 9.83. The molecule has 1 fully saturated rings. The monoisotopic (exact) mass is 358 g/mol. The maximum absolute atomic E-state index is 13.1. The molecule has 1 saturated carbocycles. The van der Waals surface area contributed by atoms with Crippen LogP contribution in [-0.2, 0) is 11.2 Å². The van der Waals surface area contributed by atoms with Crippen molar-refractivity contribution >= 4 is 11.9 Å². The van der Waals surface area contributed by atoms with E-state index in [4.69, 9.17) is 0 Å². The number of rotatable bonds is 3. The molecule has 0 radical (unpaired) electrons. The Morgan fingerprint density at radius 1 is 1.07 bits per heavy atom. The van der Waals surface area contributed by atoms with Crippen LogP contribution in [0.15, 0.2) is 77.4 Å². The number of Topliss-reactive ketones (excluding diaryl/α,β-unsaturated/α-hetero) is 1. The van der Waals surface area contributed by atoms with Gasteiger partial charge in [0.2, 0.25) is 0 Å². The molecule has 2 aromatic rings. The maximum Gasteiger partial charge on any atom is 0.184 e. The molecule has 0 unspecified atom stereocenters. The summed E-state index contributed by atoms with van der Waals surface area (Å²) in [6.45, 7) is 1.95. The van der Waals surface area contributed by atoms with Crippen LogP contribution in [0.5, 0.6) is 0 Å². The van der Waals surface area contributed by atoms with Crippen LogP contribution in [-0.4, -0.2) is 17.0 Å². The molecule has 1 N–H and O–H groups in total. The minimum absolute atomic E-state index is 0.145. The minimum atomic E-state index is -0.413. The molecule has 2 atom stereocenters. The Kier molecular flexibility index (Phi) is 4.84. The second-order valence-corrected chi connectivity index (χ2v) is 7.92. The highest BCUT2D eigenvalue weighted by Gasteiger charge is 2.48. The molecule has 2 aliphatic rings. The van der Waals surface area contributed by atoms with Crippen LogP contribution in [0.3, 0.4) is 0 Å². The van der Waals surface area contributed by atoms with Gasteiger partial charge in [0.1, 0.15) is 0 Å². The third-order valence-corrected chi connectivity index (χ3v) is 6.24. The van der Waals surface area contributed by atoms with E-state index in [1.165, 1.54) is 11.1 Å². The summed E-state index contributed by atoms with van der Waals surface area (Å²) in [6.07, 6.45) is 5.66. The molecular formula is C25H26O2. The van der Waals surface area contributed by atoms with E-state index in [9.17, 15) is 9.90 Å². The molecule has 2 nitrogen and oxygen atoms in total. The van der Waals surface area contributed by atoms with Crippen molar-refractivity contribution in [1.82, 2.24) is 0 Å². The lowest BCUT2D eigenvalue weighted by molar-refractivity contribution is -0.113. The molecule has 2 aliphatic carbocycles. The number of hydrogen-bond donors (Lipinski definition) is 1. The Labute approximate surface area is 161 Å². The highest BCUT2D eigenvalue weighted by atomic mass is 16.3. The van der Waals surface area contributed by atoms with Gasteiger partial charge in [-0.1, -0.05) is 66.2 Å². The van der Waals surface area contributed by atoms with Gasteiger partial charge in [-0.25, -0.2) is 0 Å². The normalized spacial score (nSPS) is 27.0. The van der Waals surface area contributed by atoms with Gasteiger partial charge in [0.25, 0.3) is 0 Å². The number of fused-ring (bicyclic) bond motifs is 1. The van der Waals surface area contributed by atoms with Gasteiger partial charge < -0.3 is 5.11 Å². The Morgan fingerprint density at radius 2 is 1.74 bits per heavy atom. The predicted octanol–water partition coefficient (Wildman–Crippen LogP) is 5.13. The number of carbonyl (C=O) groups is 1. The van der Waals surface area contributed by atoms with Crippen molar-refractivity contribution in [2.45, 2.75) is 45.1 Å². The van der Waals surface area contributed by atoms with Crippen molar-refractivity contribution in [2.24, 2.45) is 5.41 Å². The summed E-state index contributed by atoms with van der Waals surface area (Å²) in [7, 11) is 0. The SMILES string of the molecule is CC1=C2CCC[C@H](O)[C@@]2(Cc2ccccc2)C/C(=C\c2ccccc2)C1=O. The van der Waals surface area contributed by atoms with Gasteiger partial charge >= 0.3 is 0 Å². The van der Waals surface area contributed by atoms with Crippen molar-refractivity contribution in [2.75, 3.05) is 0 Å². The highest BCUT2D eigenvalue weighted by Crippen LogP contribution is 2.52. The van der Waals surface area contributed by atoms with E-state index < -0.39 is 6.10 Å². The molecule has 2 heteroatoms. The van der Waals surface area contributed by atoms with Gasteiger partial charge in [-0.3, -0.25) is 4.79 Å². The van der Waals surface area contributed by atoms with E-state index in [0.29, 0.717) is 6.42 Å². The first-order chi connectivity index (χ1) is 13.1. The third-order valence-electron chi connectivity index (χ3n) is 6.24. The van der Waals surface area contributed by atoms with Gasteiger partial charge in [-0.2, -0.15) is 0 Å². The second-order valence-electron chi connectivity index (χ2n) is 7.92.